The number of carbonyl (C=O) groups is 1. The molecule has 1 aromatic heterocycles. The Hall–Kier alpha value is -2.81. The van der Waals surface area contributed by atoms with Gasteiger partial charge in [-0.25, -0.2) is 22.5 Å². The van der Waals surface area contributed by atoms with E-state index in [1.165, 1.54) is 12.1 Å². The minimum Gasteiger partial charge on any atom is -0.483 e. The second kappa shape index (κ2) is 11.5. The molecule has 3 rings (SSSR count). The highest BCUT2D eigenvalue weighted by Crippen LogP contribution is 2.43. The second-order valence-electron chi connectivity index (χ2n) is 6.43. The molecule has 0 aliphatic carbocycles. The van der Waals surface area contributed by atoms with Crippen molar-refractivity contribution in [2.75, 3.05) is 0 Å². The summed E-state index contributed by atoms with van der Waals surface area (Å²) in [7, 11) is 0. The molecule has 0 aliphatic heterocycles. The summed E-state index contributed by atoms with van der Waals surface area (Å²) < 4.78 is 55.9. The first-order valence-corrected chi connectivity index (χ1v) is 10.1. The van der Waals surface area contributed by atoms with E-state index in [9.17, 15) is 17.6 Å². The lowest BCUT2D eigenvalue weighted by molar-refractivity contribution is -0.122. The molecule has 0 spiro atoms. The fraction of sp³-hybridized carbons (Fsp3) is 0.273. The summed E-state index contributed by atoms with van der Waals surface area (Å²) in [5, 5.41) is 7.35. The van der Waals surface area contributed by atoms with Gasteiger partial charge in [-0.1, -0.05) is 25.6 Å². The van der Waals surface area contributed by atoms with E-state index in [1.807, 2.05) is 20.8 Å². The molecule has 3 aromatic rings. The van der Waals surface area contributed by atoms with Gasteiger partial charge in [0, 0.05) is 27.9 Å². The van der Waals surface area contributed by atoms with Gasteiger partial charge in [0.1, 0.15) is 11.6 Å². The first-order chi connectivity index (χ1) is 14.6. The number of imidazole rings is 1. The molecule has 4 nitrogen and oxygen atoms in total. The SMILES string of the molecule is CC.Cc1cnc(SC(C)(C)c2c(F)ccc(F)c2F)n1-c1ccc(F)cc1.O=CO. The molecule has 0 radical (unpaired) electrons. The van der Waals surface area contributed by atoms with Gasteiger partial charge in [0.15, 0.2) is 16.8 Å². The first-order valence-electron chi connectivity index (χ1n) is 9.33. The minimum absolute atomic E-state index is 0.250. The Bertz CT molecular complexity index is 1010. The van der Waals surface area contributed by atoms with Crippen LogP contribution in [0.5, 0.6) is 0 Å². The van der Waals surface area contributed by atoms with Gasteiger partial charge in [-0.3, -0.25) is 9.36 Å². The summed E-state index contributed by atoms with van der Waals surface area (Å²) in [4.78, 5) is 12.7. The van der Waals surface area contributed by atoms with Crippen molar-refractivity contribution in [3.05, 3.63) is 77.1 Å². The highest BCUT2D eigenvalue weighted by atomic mass is 32.2. The van der Waals surface area contributed by atoms with Crippen LogP contribution in [-0.2, 0) is 9.54 Å². The molecule has 0 fully saturated rings. The Morgan fingerprint density at radius 3 is 2.06 bits per heavy atom. The molecule has 1 heterocycles. The van der Waals surface area contributed by atoms with Crippen molar-refractivity contribution in [1.29, 1.82) is 0 Å². The lowest BCUT2D eigenvalue weighted by Gasteiger charge is -2.25. The third kappa shape index (κ3) is 6.33. The number of thioether (sulfide) groups is 1. The summed E-state index contributed by atoms with van der Waals surface area (Å²) in [5.74, 6) is -3.50. The highest BCUT2D eigenvalue weighted by Gasteiger charge is 2.32. The van der Waals surface area contributed by atoms with Crippen molar-refractivity contribution in [1.82, 2.24) is 9.55 Å². The molecule has 0 aliphatic rings. The highest BCUT2D eigenvalue weighted by molar-refractivity contribution is 8.00. The fourth-order valence-corrected chi connectivity index (χ4v) is 3.94. The molecule has 0 bridgehead atoms. The number of rotatable bonds is 4. The second-order valence-corrected chi connectivity index (χ2v) is 8.02. The van der Waals surface area contributed by atoms with Crippen LogP contribution in [0.15, 0.2) is 47.8 Å². The van der Waals surface area contributed by atoms with E-state index in [2.05, 4.69) is 4.98 Å². The van der Waals surface area contributed by atoms with Gasteiger partial charge in [-0.2, -0.15) is 0 Å². The molecule has 31 heavy (non-hydrogen) atoms. The zero-order valence-corrected chi connectivity index (χ0v) is 18.6. The summed E-state index contributed by atoms with van der Waals surface area (Å²) in [6.07, 6.45) is 1.61. The van der Waals surface area contributed by atoms with Crippen LogP contribution in [0.3, 0.4) is 0 Å². The van der Waals surface area contributed by atoms with Gasteiger partial charge in [0.05, 0.1) is 0 Å². The van der Waals surface area contributed by atoms with E-state index in [0.29, 0.717) is 10.8 Å². The number of nitrogens with zero attached hydrogens (tertiary/aromatic N) is 2. The van der Waals surface area contributed by atoms with Gasteiger partial charge in [0.2, 0.25) is 0 Å². The van der Waals surface area contributed by atoms with Crippen LogP contribution in [0.1, 0.15) is 39.0 Å². The van der Waals surface area contributed by atoms with E-state index in [-0.39, 0.29) is 17.9 Å². The zero-order chi connectivity index (χ0) is 23.8. The Balaban J connectivity index is 0.000000884. The number of aryl methyl sites for hydroxylation is 1. The largest absolute Gasteiger partial charge is 0.483 e. The summed E-state index contributed by atoms with van der Waals surface area (Å²) >= 11 is 1.09. The smallest absolute Gasteiger partial charge is 0.290 e. The molecular formula is C22H24F4N2O2S. The maximum atomic E-state index is 14.2. The minimum atomic E-state index is -1.21. The number of benzene rings is 2. The maximum Gasteiger partial charge on any atom is 0.290 e. The van der Waals surface area contributed by atoms with E-state index in [0.717, 1.165) is 29.6 Å². The molecular weight excluding hydrogens is 432 g/mol. The van der Waals surface area contributed by atoms with Crippen molar-refractivity contribution < 1.29 is 27.5 Å². The third-order valence-electron chi connectivity index (χ3n) is 3.98. The van der Waals surface area contributed by atoms with E-state index < -0.39 is 22.2 Å². The van der Waals surface area contributed by atoms with Crippen molar-refractivity contribution in [2.45, 2.75) is 44.5 Å². The number of halogens is 4. The average molecular weight is 457 g/mol. The number of carboxylic acid groups (broad SMARTS) is 1. The predicted octanol–water partition coefficient (Wildman–Crippen LogP) is 6.49. The Morgan fingerprint density at radius 1 is 1.00 bits per heavy atom. The van der Waals surface area contributed by atoms with Crippen molar-refractivity contribution in [3.8, 4) is 5.69 Å². The zero-order valence-electron chi connectivity index (χ0n) is 17.8. The monoisotopic (exact) mass is 456 g/mol. The van der Waals surface area contributed by atoms with Crippen LogP contribution in [0, 0.1) is 30.2 Å². The Morgan fingerprint density at radius 2 is 1.52 bits per heavy atom. The Kier molecular flexibility index (Phi) is 9.77. The normalized spacial score (nSPS) is 10.5. The number of hydrogen-bond acceptors (Lipinski definition) is 3. The van der Waals surface area contributed by atoms with Crippen molar-refractivity contribution in [2.24, 2.45) is 0 Å². The molecule has 1 N–H and O–H groups in total. The molecule has 9 heteroatoms. The van der Waals surface area contributed by atoms with Gasteiger partial charge in [-0.15, -0.1) is 0 Å². The molecule has 0 unspecified atom stereocenters. The standard InChI is InChI=1S/C19H16F4N2S.C2H6.CH2O2/c1-11-10-24-18(25(11)13-6-4-12(20)5-7-13)26-19(2,3)16-14(21)8-9-15(22)17(16)23;1-2;2-1-3/h4-10H,1-3H3;1-2H3;1H,(H,2,3). The first kappa shape index (κ1) is 26.2. The summed E-state index contributed by atoms with van der Waals surface area (Å²) in [6.45, 7) is 8.76. The van der Waals surface area contributed by atoms with Crippen molar-refractivity contribution in [3.63, 3.8) is 0 Å². The predicted molar refractivity (Wildman–Crippen MR) is 113 cm³/mol. The molecule has 0 saturated heterocycles. The van der Waals surface area contributed by atoms with E-state index >= 15 is 0 Å². The van der Waals surface area contributed by atoms with Gasteiger partial charge in [-0.05, 0) is 57.2 Å². The third-order valence-corrected chi connectivity index (χ3v) is 5.17. The van der Waals surface area contributed by atoms with Crippen LogP contribution >= 0.6 is 11.8 Å². The molecule has 168 valence electrons. The number of aromatic nitrogens is 2. The molecule has 0 amide bonds. The average Bonchev–Trinajstić information content (AvgIpc) is 3.07. The lowest BCUT2D eigenvalue weighted by atomic mass is 10.0. The van der Waals surface area contributed by atoms with Crippen LogP contribution in [0.25, 0.3) is 5.69 Å². The lowest BCUT2D eigenvalue weighted by Crippen LogP contribution is -2.19. The van der Waals surface area contributed by atoms with Gasteiger partial charge < -0.3 is 5.11 Å². The quantitative estimate of drug-likeness (QED) is 0.211. The number of hydrogen-bond donors (Lipinski definition) is 1. The molecule has 0 atom stereocenters. The van der Waals surface area contributed by atoms with Crippen LogP contribution in [0.2, 0.25) is 0 Å². The Labute approximate surface area is 182 Å². The molecule has 2 aromatic carbocycles. The maximum absolute atomic E-state index is 14.2. The van der Waals surface area contributed by atoms with E-state index in [4.69, 9.17) is 9.90 Å². The fourth-order valence-electron chi connectivity index (χ4n) is 2.75. The van der Waals surface area contributed by atoms with Crippen LogP contribution in [-0.4, -0.2) is 21.1 Å². The van der Waals surface area contributed by atoms with Gasteiger partial charge in [0.25, 0.3) is 6.47 Å². The topological polar surface area (TPSA) is 55.1 Å². The summed E-state index contributed by atoms with van der Waals surface area (Å²) in [5.41, 5.74) is 1.09. The van der Waals surface area contributed by atoms with Crippen LogP contribution in [0.4, 0.5) is 17.6 Å². The van der Waals surface area contributed by atoms with E-state index in [1.54, 1.807) is 36.7 Å². The van der Waals surface area contributed by atoms with Gasteiger partial charge >= 0.3 is 0 Å². The summed E-state index contributed by atoms with van der Waals surface area (Å²) in [6, 6.07) is 7.49. The molecule has 0 saturated carbocycles. The van der Waals surface area contributed by atoms with Crippen molar-refractivity contribution >= 4 is 18.2 Å². The van der Waals surface area contributed by atoms with Crippen LogP contribution < -0.4 is 0 Å².